The van der Waals surface area contributed by atoms with E-state index < -0.39 is 15.7 Å². The lowest BCUT2D eigenvalue weighted by Gasteiger charge is -2.40. The number of aliphatic hydroxyl groups is 1. The van der Waals surface area contributed by atoms with Crippen molar-refractivity contribution < 1.29 is 13.5 Å². The van der Waals surface area contributed by atoms with Crippen molar-refractivity contribution in [2.24, 2.45) is 5.92 Å². The van der Waals surface area contributed by atoms with Gasteiger partial charge in [0.05, 0.1) is 0 Å². The number of piperidine rings is 1. The summed E-state index contributed by atoms with van der Waals surface area (Å²) in [5, 5.41) is 9.23. The first kappa shape index (κ1) is 16.6. The van der Waals surface area contributed by atoms with Crippen molar-refractivity contribution in [3.8, 4) is 0 Å². The maximum Gasteiger partial charge on any atom is 0.282 e. The highest BCUT2D eigenvalue weighted by atomic mass is 32.2. The average Bonchev–Trinajstić information content (AvgIpc) is 2.34. The summed E-state index contributed by atoms with van der Waals surface area (Å²) in [5.41, 5.74) is -0.487. The van der Waals surface area contributed by atoms with Gasteiger partial charge in [0.25, 0.3) is 10.2 Å². The van der Waals surface area contributed by atoms with E-state index in [0.29, 0.717) is 19.6 Å². The van der Waals surface area contributed by atoms with Gasteiger partial charge in [-0.05, 0) is 39.5 Å². The molecule has 1 aliphatic rings. The number of hydrogen-bond donors (Lipinski definition) is 1. The second kappa shape index (κ2) is 6.35. The van der Waals surface area contributed by atoms with Crippen LogP contribution in [0.25, 0.3) is 0 Å². The summed E-state index contributed by atoms with van der Waals surface area (Å²) in [7, 11) is -3.50. The van der Waals surface area contributed by atoms with Gasteiger partial charge in [-0.25, -0.2) is 0 Å². The van der Waals surface area contributed by atoms with E-state index in [1.54, 1.807) is 6.08 Å². The lowest BCUT2D eigenvalue weighted by molar-refractivity contribution is 0.155. The van der Waals surface area contributed by atoms with E-state index in [2.05, 4.69) is 6.58 Å². The summed E-state index contributed by atoms with van der Waals surface area (Å²) in [5.74, 6) is 0.0501. The summed E-state index contributed by atoms with van der Waals surface area (Å²) >= 11 is 0. The van der Waals surface area contributed by atoms with E-state index >= 15 is 0 Å². The van der Waals surface area contributed by atoms with Gasteiger partial charge in [-0.15, -0.1) is 6.58 Å². The van der Waals surface area contributed by atoms with Gasteiger partial charge in [-0.3, -0.25) is 0 Å². The van der Waals surface area contributed by atoms with E-state index in [1.807, 2.05) is 20.8 Å². The first-order chi connectivity index (χ1) is 8.73. The minimum absolute atomic E-state index is 0.0446. The van der Waals surface area contributed by atoms with Crippen LogP contribution in [0.4, 0.5) is 0 Å². The Morgan fingerprint density at radius 2 is 2.11 bits per heavy atom. The second-order valence-electron chi connectivity index (χ2n) is 6.05. The lowest BCUT2D eigenvalue weighted by Crippen LogP contribution is -2.54. The van der Waals surface area contributed by atoms with Crippen molar-refractivity contribution in [1.29, 1.82) is 0 Å². The Labute approximate surface area is 117 Å². The van der Waals surface area contributed by atoms with Crippen LogP contribution in [0.5, 0.6) is 0 Å². The van der Waals surface area contributed by atoms with Crippen molar-refractivity contribution in [2.75, 3.05) is 26.2 Å². The Morgan fingerprint density at radius 3 is 2.58 bits per heavy atom. The zero-order valence-corrected chi connectivity index (χ0v) is 13.0. The minimum Gasteiger partial charge on any atom is -0.396 e. The summed E-state index contributed by atoms with van der Waals surface area (Å²) in [6.07, 6.45) is 3.30. The molecule has 19 heavy (non-hydrogen) atoms. The fourth-order valence-electron chi connectivity index (χ4n) is 2.36. The molecule has 0 aromatic rings. The third kappa shape index (κ3) is 4.02. The first-order valence-corrected chi connectivity index (χ1v) is 8.13. The molecule has 1 atom stereocenters. The third-order valence-corrected chi connectivity index (χ3v) is 5.63. The Bertz CT molecular complexity index is 401. The molecule has 1 rings (SSSR count). The van der Waals surface area contributed by atoms with Gasteiger partial charge < -0.3 is 5.11 Å². The molecule has 6 heteroatoms. The summed E-state index contributed by atoms with van der Waals surface area (Å²) in [6, 6.07) is 0. The Kier molecular flexibility index (Phi) is 5.55. The maximum absolute atomic E-state index is 12.7. The zero-order valence-electron chi connectivity index (χ0n) is 12.2. The molecule has 0 aromatic heterocycles. The third-order valence-electron chi connectivity index (χ3n) is 3.39. The molecule has 1 fully saturated rings. The maximum atomic E-state index is 12.7. The highest BCUT2D eigenvalue weighted by Crippen LogP contribution is 2.25. The molecule has 0 aliphatic carbocycles. The topological polar surface area (TPSA) is 60.9 Å². The van der Waals surface area contributed by atoms with Crippen molar-refractivity contribution in [3.05, 3.63) is 12.7 Å². The van der Waals surface area contributed by atoms with Crippen LogP contribution in [-0.2, 0) is 10.2 Å². The van der Waals surface area contributed by atoms with E-state index in [9.17, 15) is 13.5 Å². The van der Waals surface area contributed by atoms with Crippen molar-refractivity contribution in [2.45, 2.75) is 39.2 Å². The quantitative estimate of drug-likeness (QED) is 0.775. The summed E-state index contributed by atoms with van der Waals surface area (Å²) in [6.45, 7) is 10.5. The molecule has 112 valence electrons. The van der Waals surface area contributed by atoms with Crippen LogP contribution < -0.4 is 0 Å². The molecule has 1 unspecified atom stereocenters. The zero-order chi connectivity index (χ0) is 14.7. The minimum atomic E-state index is -3.50. The normalized spacial score (nSPS) is 22.7. The van der Waals surface area contributed by atoms with Crippen LogP contribution in [0.15, 0.2) is 12.7 Å². The van der Waals surface area contributed by atoms with E-state index in [4.69, 9.17) is 0 Å². The molecule has 0 aromatic carbocycles. The van der Waals surface area contributed by atoms with E-state index in [-0.39, 0.29) is 12.5 Å². The van der Waals surface area contributed by atoms with Gasteiger partial charge in [0.2, 0.25) is 0 Å². The fraction of sp³-hybridized carbons (Fsp3) is 0.846. The summed E-state index contributed by atoms with van der Waals surface area (Å²) in [4.78, 5) is 0. The van der Waals surface area contributed by atoms with Crippen LogP contribution in [0.1, 0.15) is 33.6 Å². The number of nitrogens with zero attached hydrogens (tertiary/aromatic N) is 2. The molecule has 1 aliphatic heterocycles. The average molecular weight is 290 g/mol. The van der Waals surface area contributed by atoms with Crippen LogP contribution in [-0.4, -0.2) is 53.9 Å². The van der Waals surface area contributed by atoms with Gasteiger partial charge in [-0.2, -0.15) is 17.0 Å². The van der Waals surface area contributed by atoms with Crippen LogP contribution >= 0.6 is 0 Å². The van der Waals surface area contributed by atoms with Crippen molar-refractivity contribution >= 4 is 10.2 Å². The predicted molar refractivity (Wildman–Crippen MR) is 77.0 cm³/mol. The molecule has 0 amide bonds. The van der Waals surface area contributed by atoms with Crippen molar-refractivity contribution in [1.82, 2.24) is 8.61 Å². The second-order valence-corrected chi connectivity index (χ2v) is 7.90. The highest BCUT2D eigenvalue weighted by molar-refractivity contribution is 7.86. The number of rotatable bonds is 5. The van der Waals surface area contributed by atoms with Crippen LogP contribution in [0.2, 0.25) is 0 Å². The van der Waals surface area contributed by atoms with Gasteiger partial charge in [0.1, 0.15) is 0 Å². The molecule has 0 saturated carbocycles. The predicted octanol–water partition coefficient (Wildman–Crippen LogP) is 1.22. The first-order valence-electron chi connectivity index (χ1n) is 6.73. The van der Waals surface area contributed by atoms with Crippen LogP contribution in [0, 0.1) is 5.92 Å². The molecule has 1 saturated heterocycles. The largest absolute Gasteiger partial charge is 0.396 e. The molecule has 1 heterocycles. The van der Waals surface area contributed by atoms with Gasteiger partial charge in [0.15, 0.2) is 0 Å². The smallest absolute Gasteiger partial charge is 0.282 e. The van der Waals surface area contributed by atoms with E-state index in [0.717, 1.165) is 12.8 Å². The SMILES string of the molecule is C=CCN(C(C)(C)C)S(=O)(=O)N1CCCC(CO)C1. The monoisotopic (exact) mass is 290 g/mol. The Hall–Kier alpha value is -0.430. The lowest BCUT2D eigenvalue weighted by atomic mass is 10.0. The molecule has 1 N–H and O–H groups in total. The highest BCUT2D eigenvalue weighted by Gasteiger charge is 2.38. The Morgan fingerprint density at radius 1 is 1.47 bits per heavy atom. The Balaban J connectivity index is 2.96. The van der Waals surface area contributed by atoms with Gasteiger partial charge in [0, 0.05) is 31.8 Å². The van der Waals surface area contributed by atoms with Crippen LogP contribution in [0.3, 0.4) is 0 Å². The molecule has 5 nitrogen and oxygen atoms in total. The van der Waals surface area contributed by atoms with Gasteiger partial charge >= 0.3 is 0 Å². The van der Waals surface area contributed by atoms with Gasteiger partial charge in [-0.1, -0.05) is 6.08 Å². The van der Waals surface area contributed by atoms with E-state index in [1.165, 1.54) is 8.61 Å². The molecule has 0 radical (unpaired) electrons. The van der Waals surface area contributed by atoms with Crippen molar-refractivity contribution in [3.63, 3.8) is 0 Å². The standard InChI is InChI=1S/C13H26N2O3S/c1-5-8-15(13(2,3)4)19(17,18)14-9-6-7-12(10-14)11-16/h5,12,16H,1,6-11H2,2-4H3. The molecular formula is C13H26N2O3S. The number of hydrogen-bond acceptors (Lipinski definition) is 3. The molecular weight excluding hydrogens is 264 g/mol. The number of aliphatic hydroxyl groups excluding tert-OH is 1. The molecule has 0 bridgehead atoms. The fourth-order valence-corrected chi connectivity index (χ4v) is 4.38. The molecule has 0 spiro atoms. The summed E-state index contributed by atoms with van der Waals surface area (Å²) < 4.78 is 28.4.